The molecule has 0 N–H and O–H groups in total. The Labute approximate surface area is 103 Å². The van der Waals surface area contributed by atoms with Gasteiger partial charge in [-0.05, 0) is 6.92 Å². The third kappa shape index (κ3) is 14.2. The summed E-state index contributed by atoms with van der Waals surface area (Å²) in [6.45, 7) is 2.08. The zero-order valence-corrected chi connectivity index (χ0v) is 11.3. The van der Waals surface area contributed by atoms with Gasteiger partial charge in [0.05, 0.1) is 0 Å². The molecule has 0 aliphatic heterocycles. The van der Waals surface area contributed by atoms with Gasteiger partial charge in [-0.25, -0.2) is 0 Å². The van der Waals surface area contributed by atoms with E-state index < -0.39 is 16.5 Å². The Kier molecular flexibility index (Phi) is 12.6. The predicted octanol–water partition coefficient (Wildman–Crippen LogP) is 0.496. The average molecular weight is 343 g/mol. The zero-order chi connectivity index (χ0) is 11.0. The van der Waals surface area contributed by atoms with E-state index in [0.29, 0.717) is 0 Å². The molecule has 0 saturated carbocycles. The minimum Gasteiger partial charge on any atom is -0.781 e. The molecule has 2 unspecified atom stereocenters. The first-order valence-corrected chi connectivity index (χ1v) is 6.08. The van der Waals surface area contributed by atoms with Gasteiger partial charge in [-0.15, -0.1) is 0 Å². The molecule has 5 nitrogen and oxygen atoms in total. The largest absolute Gasteiger partial charge is 2.00 e. The second-order valence-corrected chi connectivity index (χ2v) is 4.07. The summed E-state index contributed by atoms with van der Waals surface area (Å²) in [6, 6.07) is 10.3. The van der Waals surface area contributed by atoms with Gasteiger partial charge in [0, 0.05) is 0 Å². The normalized spacial score (nSPS) is 12.7. The van der Waals surface area contributed by atoms with E-state index in [1.807, 2.05) is 18.2 Å². The van der Waals surface area contributed by atoms with Crippen LogP contribution in [0.1, 0.15) is 5.56 Å². The second-order valence-electron chi connectivity index (χ2n) is 2.26. The third-order valence-corrected chi connectivity index (χ3v) is 2.44. The Morgan fingerprint density at radius 2 is 1.47 bits per heavy atom. The summed E-state index contributed by atoms with van der Waals surface area (Å²) in [6.07, 6.45) is 0. The monoisotopic (exact) mass is 342 g/mol. The molecule has 1 rings (SSSR count). The fourth-order valence-electron chi connectivity index (χ4n) is 0.602. The van der Waals surface area contributed by atoms with Gasteiger partial charge in [0.25, 0.3) is 0 Å². The molecule has 8 heteroatoms. The van der Waals surface area contributed by atoms with Crippen LogP contribution in [0.3, 0.4) is 0 Å². The van der Waals surface area contributed by atoms with Gasteiger partial charge in [-0.3, -0.25) is 4.31 Å². The van der Waals surface area contributed by atoms with E-state index in [1.165, 1.54) is 5.56 Å². The molecule has 0 amide bonds. The van der Waals surface area contributed by atoms with Crippen LogP contribution in [0.15, 0.2) is 30.3 Å². The van der Waals surface area contributed by atoms with Crippen LogP contribution in [0.2, 0.25) is 0 Å². The number of rotatable bonds is 2. The van der Waals surface area contributed by atoms with Crippen LogP contribution in [-0.2, 0) is 33.9 Å². The molecule has 0 aliphatic rings. The van der Waals surface area contributed by atoms with Gasteiger partial charge in [0.2, 0.25) is 0 Å². The molecule has 2 atom stereocenters. The SMILES string of the molecule is Cc1ccccc1.O=[PH]([O-])O[PH](=O)[O-].[Pd+2]. The van der Waals surface area contributed by atoms with Crippen molar-refractivity contribution in [1.29, 1.82) is 0 Å². The number of benzene rings is 1. The van der Waals surface area contributed by atoms with Gasteiger partial charge in [0.15, 0.2) is 0 Å². The van der Waals surface area contributed by atoms with Crippen molar-refractivity contribution in [3.8, 4) is 0 Å². The maximum Gasteiger partial charge on any atom is 2.00 e. The fourth-order valence-corrected chi connectivity index (χ4v) is 1.15. The third-order valence-electron chi connectivity index (χ3n) is 1.11. The first-order valence-electron chi connectivity index (χ1n) is 3.64. The Morgan fingerprint density at radius 3 is 1.60 bits per heavy atom. The molecule has 15 heavy (non-hydrogen) atoms. The molecule has 0 heterocycles. The van der Waals surface area contributed by atoms with Gasteiger partial charge in [-0.2, -0.15) is 0 Å². The quantitative estimate of drug-likeness (QED) is 0.576. The van der Waals surface area contributed by atoms with Crippen LogP contribution in [0.5, 0.6) is 0 Å². The summed E-state index contributed by atoms with van der Waals surface area (Å²) in [5, 5.41) is 0. The van der Waals surface area contributed by atoms with Crippen molar-refractivity contribution in [2.24, 2.45) is 0 Å². The molecule has 0 radical (unpaired) electrons. The molecule has 1 aromatic rings. The fraction of sp³-hybridized carbons (Fsp3) is 0.143. The van der Waals surface area contributed by atoms with Crippen LogP contribution in [0.25, 0.3) is 0 Å². The van der Waals surface area contributed by atoms with Gasteiger partial charge < -0.3 is 18.9 Å². The van der Waals surface area contributed by atoms with Crippen LogP contribution >= 0.6 is 16.5 Å². The molecule has 0 aliphatic carbocycles. The van der Waals surface area contributed by atoms with Gasteiger partial charge >= 0.3 is 20.4 Å². The number of hydrogen-bond acceptors (Lipinski definition) is 5. The topological polar surface area (TPSA) is 89.5 Å². The molecule has 0 fully saturated rings. The van der Waals surface area contributed by atoms with E-state index in [4.69, 9.17) is 0 Å². The average Bonchev–Trinajstić information content (AvgIpc) is 2.03. The zero-order valence-electron chi connectivity index (χ0n) is 7.74. The van der Waals surface area contributed by atoms with Crippen molar-refractivity contribution in [2.75, 3.05) is 0 Å². The van der Waals surface area contributed by atoms with Crippen LogP contribution < -0.4 is 9.79 Å². The summed E-state index contributed by atoms with van der Waals surface area (Å²) in [7, 11) is -7.03. The first kappa shape index (κ1) is 17.6. The molecule has 1 aromatic carbocycles. The standard InChI is InChI=1S/C7H8.H4O5P2.Pd/c1-7-5-3-2-4-6-7;1-6(2)5-7(3)4;/h2-6H,1H3;6-7H,(H,1,2)(H,3,4);/q;;+2/p-2. The molecule has 0 saturated heterocycles. The number of hydrogen-bond donors (Lipinski definition) is 0. The van der Waals surface area contributed by atoms with Crippen LogP contribution in [-0.4, -0.2) is 0 Å². The summed E-state index contributed by atoms with van der Waals surface area (Å²) >= 11 is 0. The van der Waals surface area contributed by atoms with E-state index in [9.17, 15) is 18.9 Å². The minimum absolute atomic E-state index is 0. The van der Waals surface area contributed by atoms with Crippen molar-refractivity contribution in [1.82, 2.24) is 0 Å². The van der Waals surface area contributed by atoms with Crippen LogP contribution in [0, 0.1) is 6.92 Å². The van der Waals surface area contributed by atoms with E-state index in [1.54, 1.807) is 0 Å². The van der Waals surface area contributed by atoms with E-state index in [0.717, 1.165) is 0 Å². The van der Waals surface area contributed by atoms with E-state index in [2.05, 4.69) is 23.4 Å². The second kappa shape index (κ2) is 10.7. The van der Waals surface area contributed by atoms with Gasteiger partial charge in [0.1, 0.15) is 16.5 Å². The summed E-state index contributed by atoms with van der Waals surface area (Å²) in [5.41, 5.74) is 1.32. The Bertz CT molecular complexity index is 294. The smallest absolute Gasteiger partial charge is 0.781 e. The molecular weight excluding hydrogens is 332 g/mol. The van der Waals surface area contributed by atoms with Crippen molar-refractivity contribution in [2.45, 2.75) is 6.92 Å². The molecular formula is C7H10O5P2Pd. The molecule has 88 valence electrons. The van der Waals surface area contributed by atoms with Crippen molar-refractivity contribution < 1.29 is 43.7 Å². The maximum atomic E-state index is 9.29. The summed E-state index contributed by atoms with van der Waals surface area (Å²) in [4.78, 5) is 18.6. The van der Waals surface area contributed by atoms with Crippen molar-refractivity contribution >= 4 is 16.5 Å². The summed E-state index contributed by atoms with van der Waals surface area (Å²) < 4.78 is 21.8. The Hall–Kier alpha value is 0.222. The first-order chi connectivity index (χ1) is 6.52. The van der Waals surface area contributed by atoms with Gasteiger partial charge in [-0.1, -0.05) is 35.9 Å². The Balaban J connectivity index is 0. The van der Waals surface area contributed by atoms with Crippen molar-refractivity contribution in [3.63, 3.8) is 0 Å². The summed E-state index contributed by atoms with van der Waals surface area (Å²) in [5.74, 6) is 0. The molecule has 0 aromatic heterocycles. The molecule has 0 bridgehead atoms. The van der Waals surface area contributed by atoms with Crippen molar-refractivity contribution in [3.05, 3.63) is 35.9 Å². The van der Waals surface area contributed by atoms with E-state index >= 15 is 0 Å². The van der Waals surface area contributed by atoms with E-state index in [-0.39, 0.29) is 20.4 Å². The minimum atomic E-state index is -3.51. The van der Waals surface area contributed by atoms with Crippen LogP contribution in [0.4, 0.5) is 0 Å². The maximum absolute atomic E-state index is 9.29. The number of aryl methyl sites for hydroxylation is 1. The molecule has 0 spiro atoms. The Morgan fingerprint density at radius 1 is 1.07 bits per heavy atom. The predicted molar refractivity (Wildman–Crippen MR) is 50.3 cm³/mol.